The average Bonchev–Trinajstić information content (AvgIpc) is 3.16. The van der Waals surface area contributed by atoms with E-state index in [2.05, 4.69) is 50.3 Å². The third-order valence-corrected chi connectivity index (χ3v) is 10.0. The van der Waals surface area contributed by atoms with E-state index in [-0.39, 0.29) is 13.0 Å². The van der Waals surface area contributed by atoms with Crippen molar-refractivity contribution in [1.82, 2.24) is 0 Å². The zero-order valence-electron chi connectivity index (χ0n) is 34.4. The molecule has 1 unspecified atom stereocenters. The first-order chi connectivity index (χ1) is 26.3. The number of phosphoric ester groups is 1. The van der Waals surface area contributed by atoms with Crippen molar-refractivity contribution in [3.63, 3.8) is 0 Å². The maximum absolute atomic E-state index is 12.6. The van der Waals surface area contributed by atoms with Gasteiger partial charge in [-0.3, -0.25) is 13.8 Å². The van der Waals surface area contributed by atoms with Crippen LogP contribution in [-0.2, 0) is 27.9 Å². The number of rotatable bonds is 41. The predicted molar refractivity (Wildman–Crippen MR) is 223 cm³/mol. The number of carbonyl (C=O) groups excluding carboxylic acids is 1. The van der Waals surface area contributed by atoms with Gasteiger partial charge in [-0.1, -0.05) is 166 Å². The molecule has 9 nitrogen and oxygen atoms in total. The van der Waals surface area contributed by atoms with Crippen molar-refractivity contribution >= 4 is 13.8 Å². The van der Waals surface area contributed by atoms with E-state index >= 15 is 0 Å². The molecule has 10 heteroatoms. The van der Waals surface area contributed by atoms with Gasteiger partial charge in [0.05, 0.1) is 26.1 Å². The third kappa shape index (κ3) is 39.9. The van der Waals surface area contributed by atoms with E-state index in [0.717, 1.165) is 64.2 Å². The van der Waals surface area contributed by atoms with Crippen molar-refractivity contribution in [3.8, 4) is 0 Å². The van der Waals surface area contributed by atoms with E-state index in [9.17, 15) is 19.4 Å². The Labute approximate surface area is 330 Å². The zero-order chi connectivity index (χ0) is 39.6. The summed E-state index contributed by atoms with van der Waals surface area (Å²) in [5.74, 6) is -0.421. The first-order valence-electron chi connectivity index (χ1n) is 21.7. The van der Waals surface area contributed by atoms with Crippen molar-refractivity contribution in [2.45, 2.75) is 199 Å². The molecule has 0 bridgehead atoms. The van der Waals surface area contributed by atoms with Crippen molar-refractivity contribution in [2.24, 2.45) is 0 Å². The normalized spacial score (nSPS) is 14.5. The van der Waals surface area contributed by atoms with Crippen molar-refractivity contribution in [3.05, 3.63) is 48.8 Å². The second-order valence-corrected chi connectivity index (χ2v) is 15.9. The first-order valence-corrected chi connectivity index (χ1v) is 23.2. The molecular weight excluding hydrogens is 703 g/mol. The number of carbonyl (C=O) groups is 1. The number of aliphatic hydroxyl groups is 2. The second kappa shape index (κ2) is 40.9. The number of esters is 1. The van der Waals surface area contributed by atoms with Gasteiger partial charge >= 0.3 is 13.8 Å². The Morgan fingerprint density at radius 1 is 0.593 bits per heavy atom. The smallest absolute Gasteiger partial charge is 0.472 e. The molecule has 0 fully saturated rings. The molecule has 316 valence electrons. The highest BCUT2D eigenvalue weighted by molar-refractivity contribution is 7.47. The number of aliphatic hydroxyl groups excluding tert-OH is 2. The van der Waals surface area contributed by atoms with Crippen LogP contribution in [0.1, 0.15) is 187 Å². The second-order valence-electron chi connectivity index (χ2n) is 14.4. The minimum atomic E-state index is -4.54. The Hall–Kier alpha value is -1.74. The highest BCUT2D eigenvalue weighted by Crippen LogP contribution is 2.43. The first kappa shape index (κ1) is 52.3. The number of hydrogen-bond donors (Lipinski definition) is 3. The predicted octanol–water partition coefficient (Wildman–Crippen LogP) is 12.2. The van der Waals surface area contributed by atoms with Gasteiger partial charge in [0, 0.05) is 6.42 Å². The van der Waals surface area contributed by atoms with E-state index in [0.29, 0.717) is 6.42 Å². The van der Waals surface area contributed by atoms with Gasteiger partial charge < -0.3 is 24.6 Å². The van der Waals surface area contributed by atoms with E-state index in [1.807, 2.05) is 6.08 Å². The van der Waals surface area contributed by atoms with Crippen LogP contribution in [0.25, 0.3) is 0 Å². The van der Waals surface area contributed by atoms with Crippen LogP contribution < -0.4 is 0 Å². The molecule has 0 saturated carbocycles. The van der Waals surface area contributed by atoms with Gasteiger partial charge in [-0.2, -0.15) is 0 Å². The van der Waals surface area contributed by atoms with Crippen LogP contribution in [0, 0.1) is 0 Å². The van der Waals surface area contributed by atoms with Crippen LogP contribution in [0.3, 0.4) is 0 Å². The Kier molecular flexibility index (Phi) is 39.6. The van der Waals surface area contributed by atoms with Crippen LogP contribution in [0.2, 0.25) is 0 Å². The monoisotopic (exact) mass is 785 g/mol. The number of phosphoric acid groups is 1. The summed E-state index contributed by atoms with van der Waals surface area (Å²) in [4.78, 5) is 22.5. The molecule has 0 spiro atoms. The molecule has 0 aromatic carbocycles. The highest BCUT2D eigenvalue weighted by atomic mass is 31.2. The lowest BCUT2D eigenvalue weighted by atomic mass is 10.0. The standard InChI is InChI=1S/C44H81O9P/c1-3-5-7-9-11-13-15-17-19-20-21-23-25-27-29-31-33-35-37-50-40-43(41-52-54(48,49)51-39-42(46)38-45)53-44(47)36-34-32-30-28-26-24-22-18-16-14-12-10-8-6-4-2/h6,8,12,14,18,22,35,37,42-43,45-46H,3-5,7,9-11,13,15-17,19-21,23-34,36,38-41H2,1-2H3,(H,48,49)/b8-6-,14-12-,22-18-,37-35-/t42-,43+/m0/s1. The number of allylic oxidation sites excluding steroid dienone is 7. The summed E-state index contributed by atoms with van der Waals surface area (Å²) in [6.45, 7) is 2.76. The Bertz CT molecular complexity index is 981. The number of ether oxygens (including phenoxy) is 2. The van der Waals surface area contributed by atoms with Crippen molar-refractivity contribution in [1.29, 1.82) is 0 Å². The largest absolute Gasteiger partial charge is 0.498 e. The summed E-state index contributed by atoms with van der Waals surface area (Å²) in [7, 11) is -4.54. The van der Waals surface area contributed by atoms with Crippen LogP contribution in [-0.4, -0.2) is 59.7 Å². The lowest BCUT2D eigenvalue weighted by Crippen LogP contribution is -2.28. The van der Waals surface area contributed by atoms with Crippen molar-refractivity contribution < 1.29 is 43.0 Å². The molecule has 0 aliphatic heterocycles. The molecule has 0 aliphatic rings. The Morgan fingerprint density at radius 2 is 1.06 bits per heavy atom. The topological polar surface area (TPSA) is 132 Å². The van der Waals surface area contributed by atoms with Crippen LogP contribution in [0.5, 0.6) is 0 Å². The van der Waals surface area contributed by atoms with Gasteiger partial charge in [-0.05, 0) is 57.4 Å². The number of hydrogen-bond acceptors (Lipinski definition) is 8. The van der Waals surface area contributed by atoms with E-state index < -0.39 is 45.8 Å². The molecule has 0 saturated heterocycles. The fraction of sp³-hybridized carbons (Fsp3) is 0.795. The van der Waals surface area contributed by atoms with Gasteiger partial charge in [0.25, 0.3) is 0 Å². The summed E-state index contributed by atoms with van der Waals surface area (Å²) in [6, 6.07) is 0. The fourth-order valence-electron chi connectivity index (χ4n) is 5.81. The van der Waals surface area contributed by atoms with Crippen molar-refractivity contribution in [2.75, 3.05) is 26.4 Å². The van der Waals surface area contributed by atoms with Crippen LogP contribution in [0.4, 0.5) is 0 Å². The van der Waals surface area contributed by atoms with Gasteiger partial charge in [-0.15, -0.1) is 0 Å². The minimum absolute atomic E-state index is 0.0420. The van der Waals surface area contributed by atoms with Gasteiger partial charge in [0.1, 0.15) is 12.7 Å². The SMILES string of the molecule is CC/C=C\C/C=C\C/C=C\CCCCCCCC(=O)O[C@H](CO/C=C\CCCCCCCCCCCCCCCCCC)COP(=O)(O)OC[C@@H](O)CO. The molecule has 0 heterocycles. The lowest BCUT2D eigenvalue weighted by molar-refractivity contribution is -0.153. The lowest BCUT2D eigenvalue weighted by Gasteiger charge is -2.20. The summed E-state index contributed by atoms with van der Waals surface area (Å²) in [5, 5.41) is 18.3. The maximum Gasteiger partial charge on any atom is 0.472 e. The summed E-state index contributed by atoms with van der Waals surface area (Å²) >= 11 is 0. The molecule has 54 heavy (non-hydrogen) atoms. The van der Waals surface area contributed by atoms with Gasteiger partial charge in [-0.25, -0.2) is 4.57 Å². The fourth-order valence-corrected chi connectivity index (χ4v) is 6.60. The average molecular weight is 785 g/mol. The third-order valence-electron chi connectivity index (χ3n) is 9.09. The molecule has 0 rings (SSSR count). The minimum Gasteiger partial charge on any atom is -0.498 e. The Balaban J connectivity index is 4.23. The molecule has 0 aromatic heterocycles. The highest BCUT2D eigenvalue weighted by Gasteiger charge is 2.26. The van der Waals surface area contributed by atoms with E-state index in [1.54, 1.807) is 6.26 Å². The molecular formula is C44H81O9P. The quantitative estimate of drug-likeness (QED) is 0.0182. The summed E-state index contributed by atoms with van der Waals surface area (Å²) in [6.07, 6.45) is 45.9. The van der Waals surface area contributed by atoms with E-state index in [4.69, 9.17) is 23.6 Å². The maximum atomic E-state index is 12.6. The van der Waals surface area contributed by atoms with Gasteiger partial charge in [0.15, 0.2) is 6.10 Å². The molecule has 0 amide bonds. The zero-order valence-corrected chi connectivity index (χ0v) is 35.3. The number of unbranched alkanes of at least 4 members (excludes halogenated alkanes) is 21. The molecule has 3 N–H and O–H groups in total. The summed E-state index contributed by atoms with van der Waals surface area (Å²) in [5.41, 5.74) is 0. The summed E-state index contributed by atoms with van der Waals surface area (Å²) < 4.78 is 33.1. The van der Waals surface area contributed by atoms with Gasteiger partial charge in [0.2, 0.25) is 0 Å². The molecule has 0 aliphatic carbocycles. The Morgan fingerprint density at radius 3 is 1.59 bits per heavy atom. The van der Waals surface area contributed by atoms with E-state index in [1.165, 1.54) is 96.3 Å². The van der Waals surface area contributed by atoms with Crippen LogP contribution in [0.15, 0.2) is 48.8 Å². The molecule has 0 radical (unpaired) electrons. The van der Waals surface area contributed by atoms with Crippen LogP contribution >= 0.6 is 7.82 Å². The molecule has 3 atom stereocenters. The molecule has 0 aromatic rings.